The molecule has 7 rings (SSSR count). The molecule has 0 atom stereocenters. The van der Waals surface area contributed by atoms with Crippen LogP contribution in [0.2, 0.25) is 0 Å². The topological polar surface area (TPSA) is 52.1 Å². The molecule has 0 unspecified atom stereocenters. The number of benzene rings is 4. The molecule has 0 bridgehead atoms. The molecular weight excluding hydrogens is 404 g/mol. The minimum Gasteiger partial charge on any atom is -0.455 e. The quantitative estimate of drug-likeness (QED) is 0.289. The van der Waals surface area contributed by atoms with E-state index < -0.39 is 0 Å². The molecule has 3 heterocycles. The van der Waals surface area contributed by atoms with Crippen molar-refractivity contribution in [3.63, 3.8) is 0 Å². The van der Waals surface area contributed by atoms with E-state index in [0.29, 0.717) is 5.82 Å². The van der Waals surface area contributed by atoms with E-state index in [-0.39, 0.29) is 0 Å². The van der Waals surface area contributed by atoms with E-state index in [9.17, 15) is 0 Å². The molecule has 146 valence electrons. The summed E-state index contributed by atoms with van der Waals surface area (Å²) in [5, 5.41) is 5.19. The molecule has 0 amide bonds. The van der Waals surface area contributed by atoms with Crippen LogP contribution in [-0.4, -0.2) is 9.36 Å². The van der Waals surface area contributed by atoms with Crippen molar-refractivity contribution in [3.05, 3.63) is 84.9 Å². The summed E-state index contributed by atoms with van der Waals surface area (Å²) < 4.78 is 17.0. The SMILES string of the molecule is c1ccc2c(c1)oc1c(-c3nsc(-c4cccc5c4oc4ccccc45)n3)cccc12. The van der Waals surface area contributed by atoms with Crippen LogP contribution in [0.25, 0.3) is 65.8 Å². The molecule has 4 aromatic carbocycles. The van der Waals surface area contributed by atoms with Gasteiger partial charge in [-0.3, -0.25) is 0 Å². The highest BCUT2D eigenvalue weighted by atomic mass is 32.1. The number of hydrogen-bond acceptors (Lipinski definition) is 5. The third kappa shape index (κ3) is 2.41. The van der Waals surface area contributed by atoms with E-state index in [1.165, 1.54) is 11.5 Å². The van der Waals surface area contributed by atoms with Gasteiger partial charge >= 0.3 is 0 Å². The molecule has 7 aromatic rings. The van der Waals surface area contributed by atoms with Gasteiger partial charge in [0.2, 0.25) is 0 Å². The second kappa shape index (κ2) is 6.27. The first-order valence-electron chi connectivity index (χ1n) is 10.0. The largest absolute Gasteiger partial charge is 0.455 e. The Morgan fingerprint density at radius 2 is 1.10 bits per heavy atom. The van der Waals surface area contributed by atoms with Crippen LogP contribution in [0.4, 0.5) is 0 Å². The number of fused-ring (bicyclic) bond motifs is 6. The van der Waals surface area contributed by atoms with Crippen LogP contribution in [0.5, 0.6) is 0 Å². The van der Waals surface area contributed by atoms with Crippen LogP contribution in [0, 0.1) is 0 Å². The van der Waals surface area contributed by atoms with Gasteiger partial charge in [-0.15, -0.1) is 0 Å². The Morgan fingerprint density at radius 3 is 1.77 bits per heavy atom. The van der Waals surface area contributed by atoms with Gasteiger partial charge < -0.3 is 8.83 Å². The molecule has 31 heavy (non-hydrogen) atoms. The summed E-state index contributed by atoms with van der Waals surface area (Å²) in [6.45, 7) is 0. The Balaban J connectivity index is 1.43. The van der Waals surface area contributed by atoms with Crippen molar-refractivity contribution in [1.82, 2.24) is 9.36 Å². The third-order valence-corrected chi connectivity index (χ3v) is 6.45. The van der Waals surface area contributed by atoms with Gasteiger partial charge in [-0.05, 0) is 35.8 Å². The van der Waals surface area contributed by atoms with Crippen molar-refractivity contribution in [2.45, 2.75) is 0 Å². The molecule has 5 heteroatoms. The van der Waals surface area contributed by atoms with Crippen LogP contribution < -0.4 is 0 Å². The molecule has 0 N–H and O–H groups in total. The summed E-state index contributed by atoms with van der Waals surface area (Å²) in [4.78, 5) is 4.88. The average Bonchev–Trinajstić information content (AvgIpc) is 3.53. The van der Waals surface area contributed by atoms with Crippen LogP contribution in [0.1, 0.15) is 0 Å². The van der Waals surface area contributed by atoms with Gasteiger partial charge in [-0.25, -0.2) is 4.98 Å². The van der Waals surface area contributed by atoms with Crippen LogP contribution in [0.15, 0.2) is 93.8 Å². The van der Waals surface area contributed by atoms with Gasteiger partial charge in [-0.2, -0.15) is 4.37 Å². The lowest BCUT2D eigenvalue weighted by Gasteiger charge is -1.98. The van der Waals surface area contributed by atoms with Crippen molar-refractivity contribution in [2.75, 3.05) is 0 Å². The Labute approximate surface area is 180 Å². The first-order chi connectivity index (χ1) is 15.4. The molecule has 0 fully saturated rings. The smallest absolute Gasteiger partial charge is 0.177 e. The third-order valence-electron chi connectivity index (χ3n) is 5.71. The molecule has 0 spiro atoms. The fourth-order valence-electron chi connectivity index (χ4n) is 4.28. The number of aromatic nitrogens is 2. The van der Waals surface area contributed by atoms with Crippen LogP contribution in [0.3, 0.4) is 0 Å². The fraction of sp³-hybridized carbons (Fsp3) is 0. The van der Waals surface area contributed by atoms with E-state index in [1.54, 1.807) is 0 Å². The maximum atomic E-state index is 6.18. The Morgan fingerprint density at radius 1 is 0.548 bits per heavy atom. The lowest BCUT2D eigenvalue weighted by Crippen LogP contribution is -1.82. The number of para-hydroxylation sites is 4. The summed E-state index contributed by atoms with van der Waals surface area (Å²) in [7, 11) is 0. The predicted octanol–water partition coefficient (Wildman–Crippen LogP) is 7.67. The summed E-state index contributed by atoms with van der Waals surface area (Å²) in [5.74, 6) is 0.665. The molecule has 0 aliphatic heterocycles. The minimum atomic E-state index is 0.665. The highest BCUT2D eigenvalue weighted by Gasteiger charge is 2.18. The van der Waals surface area contributed by atoms with E-state index in [2.05, 4.69) is 28.6 Å². The van der Waals surface area contributed by atoms with E-state index in [4.69, 9.17) is 13.8 Å². The standard InChI is InChI=1S/C26H14N2O2S/c1-3-13-21-15(7-1)17-9-5-11-19(23(17)29-21)25-27-26(31-28-25)20-12-6-10-18-16-8-2-4-14-22(16)30-24(18)20/h1-14H. The highest BCUT2D eigenvalue weighted by molar-refractivity contribution is 7.09. The van der Waals surface area contributed by atoms with Crippen molar-refractivity contribution in [3.8, 4) is 22.0 Å². The first-order valence-corrected chi connectivity index (χ1v) is 10.8. The lowest BCUT2D eigenvalue weighted by atomic mass is 10.1. The van der Waals surface area contributed by atoms with Gasteiger partial charge in [0.05, 0.1) is 11.1 Å². The van der Waals surface area contributed by atoms with Crippen molar-refractivity contribution >= 4 is 55.4 Å². The average molecular weight is 418 g/mol. The van der Waals surface area contributed by atoms with E-state index >= 15 is 0 Å². The molecule has 0 aliphatic carbocycles. The zero-order valence-electron chi connectivity index (χ0n) is 16.2. The number of hydrogen-bond donors (Lipinski definition) is 0. The fourth-order valence-corrected chi connectivity index (χ4v) is 4.98. The minimum absolute atomic E-state index is 0.665. The monoisotopic (exact) mass is 418 g/mol. The van der Waals surface area contributed by atoms with E-state index in [1.807, 2.05) is 60.7 Å². The second-order valence-corrected chi connectivity index (χ2v) is 8.24. The Kier molecular flexibility index (Phi) is 3.40. The van der Waals surface area contributed by atoms with Crippen LogP contribution >= 0.6 is 11.5 Å². The molecule has 3 aromatic heterocycles. The maximum absolute atomic E-state index is 6.18. The lowest BCUT2D eigenvalue weighted by molar-refractivity contribution is 0.669. The number of nitrogens with zero attached hydrogens (tertiary/aromatic N) is 2. The molecule has 0 radical (unpaired) electrons. The maximum Gasteiger partial charge on any atom is 0.177 e. The zero-order chi connectivity index (χ0) is 20.4. The highest BCUT2D eigenvalue weighted by Crippen LogP contribution is 2.39. The van der Waals surface area contributed by atoms with Crippen molar-refractivity contribution in [2.24, 2.45) is 0 Å². The predicted molar refractivity (Wildman–Crippen MR) is 125 cm³/mol. The molecule has 0 aliphatic rings. The van der Waals surface area contributed by atoms with Gasteiger partial charge in [0.1, 0.15) is 27.3 Å². The van der Waals surface area contributed by atoms with Crippen molar-refractivity contribution < 1.29 is 8.83 Å². The van der Waals surface area contributed by atoms with Gasteiger partial charge in [-0.1, -0.05) is 60.7 Å². The molecular formula is C26H14N2O2S. The summed E-state index contributed by atoms with van der Waals surface area (Å²) in [6, 6.07) is 28.4. The Bertz CT molecular complexity index is 1630. The number of furan rings is 2. The van der Waals surface area contributed by atoms with Gasteiger partial charge in [0.25, 0.3) is 0 Å². The zero-order valence-corrected chi connectivity index (χ0v) is 17.0. The Hall–Kier alpha value is -3.96. The summed E-state index contributed by atoms with van der Waals surface area (Å²) >= 11 is 1.37. The molecule has 0 saturated carbocycles. The normalized spacial score (nSPS) is 11.9. The van der Waals surface area contributed by atoms with Gasteiger partial charge in [0, 0.05) is 21.5 Å². The van der Waals surface area contributed by atoms with Crippen LogP contribution in [-0.2, 0) is 0 Å². The van der Waals surface area contributed by atoms with Gasteiger partial charge in [0.15, 0.2) is 5.82 Å². The summed E-state index contributed by atoms with van der Waals surface area (Å²) in [6.07, 6.45) is 0. The summed E-state index contributed by atoms with van der Waals surface area (Å²) in [5.41, 5.74) is 5.25. The number of rotatable bonds is 2. The molecule has 0 saturated heterocycles. The molecule has 4 nitrogen and oxygen atoms in total. The van der Waals surface area contributed by atoms with E-state index in [0.717, 1.165) is 60.0 Å². The van der Waals surface area contributed by atoms with Crippen molar-refractivity contribution in [1.29, 1.82) is 0 Å². The first kappa shape index (κ1) is 16.8. The second-order valence-electron chi connectivity index (χ2n) is 7.48.